The molecular formula is C14H21NO2. The van der Waals surface area contributed by atoms with Gasteiger partial charge < -0.3 is 9.64 Å². The molecule has 0 saturated carbocycles. The third kappa shape index (κ3) is 4.57. The zero-order valence-corrected chi connectivity index (χ0v) is 10.9. The Balaban J connectivity index is 2.71. The van der Waals surface area contributed by atoms with E-state index in [1.165, 1.54) is 0 Å². The Kier molecular flexibility index (Phi) is 5.70. The smallest absolute Gasteiger partial charge is 0.338 e. The van der Waals surface area contributed by atoms with Crippen molar-refractivity contribution < 1.29 is 9.53 Å². The van der Waals surface area contributed by atoms with E-state index in [-0.39, 0.29) is 5.97 Å². The van der Waals surface area contributed by atoms with Crippen molar-refractivity contribution >= 4 is 5.97 Å². The molecule has 0 heterocycles. The fourth-order valence-corrected chi connectivity index (χ4v) is 1.58. The lowest BCUT2D eigenvalue weighted by molar-refractivity contribution is 0.0497. The van der Waals surface area contributed by atoms with Crippen LogP contribution in [0.1, 0.15) is 35.7 Å². The molecule has 0 N–H and O–H groups in total. The Morgan fingerprint density at radius 1 is 1.29 bits per heavy atom. The molecule has 0 aliphatic carbocycles. The van der Waals surface area contributed by atoms with Gasteiger partial charge in [-0.2, -0.15) is 0 Å². The highest BCUT2D eigenvalue weighted by Gasteiger charge is 2.12. The van der Waals surface area contributed by atoms with Crippen LogP contribution < -0.4 is 0 Å². The highest BCUT2D eigenvalue weighted by atomic mass is 16.5. The average molecular weight is 235 g/mol. The van der Waals surface area contributed by atoms with Gasteiger partial charge in [-0.15, -0.1) is 0 Å². The molecule has 0 aromatic heterocycles. The Labute approximate surface area is 103 Å². The van der Waals surface area contributed by atoms with Crippen molar-refractivity contribution in [2.75, 3.05) is 20.7 Å². The number of esters is 1. The molecule has 0 saturated heterocycles. The number of ether oxygens (including phenoxy) is 1. The molecule has 17 heavy (non-hydrogen) atoms. The topological polar surface area (TPSA) is 29.5 Å². The van der Waals surface area contributed by atoms with E-state index >= 15 is 0 Å². The van der Waals surface area contributed by atoms with Crippen molar-refractivity contribution in [1.82, 2.24) is 4.90 Å². The Morgan fingerprint density at radius 2 is 2.00 bits per heavy atom. The summed E-state index contributed by atoms with van der Waals surface area (Å²) in [5, 5.41) is 0. The maximum Gasteiger partial charge on any atom is 0.338 e. The summed E-state index contributed by atoms with van der Waals surface area (Å²) in [5.74, 6) is -0.212. The van der Waals surface area contributed by atoms with Gasteiger partial charge in [-0.1, -0.05) is 31.5 Å². The van der Waals surface area contributed by atoms with Gasteiger partial charge in [-0.05, 0) is 32.1 Å². The first-order chi connectivity index (χ1) is 8.15. The van der Waals surface area contributed by atoms with Gasteiger partial charge in [-0.3, -0.25) is 0 Å². The van der Waals surface area contributed by atoms with E-state index in [2.05, 4.69) is 6.92 Å². The van der Waals surface area contributed by atoms with Crippen LogP contribution >= 0.6 is 0 Å². The van der Waals surface area contributed by atoms with Gasteiger partial charge in [0.1, 0.15) is 0 Å². The zero-order chi connectivity index (χ0) is 12.7. The molecule has 0 amide bonds. The SMILES string of the molecule is CCCCOC(=O)c1ccccc1CN(C)C. The molecule has 0 aliphatic rings. The Morgan fingerprint density at radius 3 is 2.65 bits per heavy atom. The third-order valence-electron chi connectivity index (χ3n) is 2.45. The second kappa shape index (κ2) is 7.07. The predicted octanol–water partition coefficient (Wildman–Crippen LogP) is 2.71. The number of rotatable bonds is 6. The van der Waals surface area contributed by atoms with Crippen LogP contribution in [-0.4, -0.2) is 31.6 Å². The number of carbonyl (C=O) groups is 1. The van der Waals surface area contributed by atoms with E-state index in [1.54, 1.807) is 0 Å². The van der Waals surface area contributed by atoms with Gasteiger partial charge in [0.15, 0.2) is 0 Å². The largest absolute Gasteiger partial charge is 0.462 e. The van der Waals surface area contributed by atoms with Crippen LogP contribution in [0.4, 0.5) is 0 Å². The molecule has 0 spiro atoms. The summed E-state index contributed by atoms with van der Waals surface area (Å²) in [4.78, 5) is 13.9. The van der Waals surface area contributed by atoms with Crippen molar-refractivity contribution in [3.05, 3.63) is 35.4 Å². The van der Waals surface area contributed by atoms with Crippen molar-refractivity contribution in [2.24, 2.45) is 0 Å². The van der Waals surface area contributed by atoms with Crippen LogP contribution in [0.25, 0.3) is 0 Å². The lowest BCUT2D eigenvalue weighted by Gasteiger charge is -2.13. The fraction of sp³-hybridized carbons (Fsp3) is 0.500. The van der Waals surface area contributed by atoms with Crippen LogP contribution in [-0.2, 0) is 11.3 Å². The summed E-state index contributed by atoms with van der Waals surface area (Å²) in [6.07, 6.45) is 1.95. The van der Waals surface area contributed by atoms with Crippen molar-refractivity contribution in [3.63, 3.8) is 0 Å². The molecule has 3 nitrogen and oxygen atoms in total. The highest BCUT2D eigenvalue weighted by Crippen LogP contribution is 2.12. The van der Waals surface area contributed by atoms with Gasteiger partial charge in [-0.25, -0.2) is 4.79 Å². The number of carbonyl (C=O) groups excluding carboxylic acids is 1. The Hall–Kier alpha value is -1.35. The van der Waals surface area contributed by atoms with Crippen LogP contribution in [0.3, 0.4) is 0 Å². The second-order valence-electron chi connectivity index (χ2n) is 4.38. The molecule has 0 atom stereocenters. The minimum absolute atomic E-state index is 0.212. The number of unbranched alkanes of at least 4 members (excludes halogenated alkanes) is 1. The molecule has 0 aliphatic heterocycles. The van der Waals surface area contributed by atoms with Crippen LogP contribution in [0.5, 0.6) is 0 Å². The first-order valence-electron chi connectivity index (χ1n) is 6.05. The van der Waals surface area contributed by atoms with Crippen LogP contribution in [0, 0.1) is 0 Å². The first kappa shape index (κ1) is 13.7. The standard InChI is InChI=1S/C14H21NO2/c1-4-5-10-17-14(16)13-9-7-6-8-12(13)11-15(2)3/h6-9H,4-5,10-11H2,1-3H3. The minimum atomic E-state index is -0.212. The number of hydrogen-bond donors (Lipinski definition) is 0. The molecule has 0 fully saturated rings. The van der Waals surface area contributed by atoms with Crippen LogP contribution in [0.2, 0.25) is 0 Å². The lowest BCUT2D eigenvalue weighted by atomic mass is 10.1. The van der Waals surface area contributed by atoms with E-state index in [0.29, 0.717) is 12.2 Å². The van der Waals surface area contributed by atoms with E-state index in [4.69, 9.17) is 4.74 Å². The van der Waals surface area contributed by atoms with Crippen molar-refractivity contribution in [2.45, 2.75) is 26.3 Å². The molecule has 3 heteroatoms. The molecule has 1 aromatic carbocycles. The maximum atomic E-state index is 11.9. The van der Waals surface area contributed by atoms with Crippen molar-refractivity contribution in [3.8, 4) is 0 Å². The number of benzene rings is 1. The van der Waals surface area contributed by atoms with E-state index in [1.807, 2.05) is 43.3 Å². The van der Waals surface area contributed by atoms with E-state index < -0.39 is 0 Å². The quantitative estimate of drug-likeness (QED) is 0.561. The number of nitrogens with zero attached hydrogens (tertiary/aromatic N) is 1. The molecule has 1 rings (SSSR count). The zero-order valence-electron chi connectivity index (χ0n) is 10.9. The molecule has 0 bridgehead atoms. The Bertz CT molecular complexity index is 361. The summed E-state index contributed by atoms with van der Waals surface area (Å²) in [7, 11) is 3.97. The molecule has 0 unspecified atom stereocenters. The highest BCUT2D eigenvalue weighted by molar-refractivity contribution is 5.91. The minimum Gasteiger partial charge on any atom is -0.462 e. The molecular weight excluding hydrogens is 214 g/mol. The van der Waals surface area contributed by atoms with Crippen LogP contribution in [0.15, 0.2) is 24.3 Å². The van der Waals surface area contributed by atoms with Gasteiger partial charge in [0.25, 0.3) is 0 Å². The average Bonchev–Trinajstić information content (AvgIpc) is 2.29. The van der Waals surface area contributed by atoms with Gasteiger partial charge in [0.05, 0.1) is 12.2 Å². The normalized spacial score (nSPS) is 10.6. The van der Waals surface area contributed by atoms with Gasteiger partial charge >= 0.3 is 5.97 Å². The molecule has 0 radical (unpaired) electrons. The summed E-state index contributed by atoms with van der Waals surface area (Å²) in [5.41, 5.74) is 1.69. The first-order valence-corrected chi connectivity index (χ1v) is 6.05. The van der Waals surface area contributed by atoms with E-state index in [0.717, 1.165) is 24.9 Å². The maximum absolute atomic E-state index is 11.9. The predicted molar refractivity (Wildman–Crippen MR) is 69.0 cm³/mol. The summed E-state index contributed by atoms with van der Waals surface area (Å²) >= 11 is 0. The lowest BCUT2D eigenvalue weighted by Crippen LogP contribution is -2.15. The fourth-order valence-electron chi connectivity index (χ4n) is 1.58. The molecule has 1 aromatic rings. The third-order valence-corrected chi connectivity index (χ3v) is 2.45. The number of hydrogen-bond acceptors (Lipinski definition) is 3. The van der Waals surface area contributed by atoms with E-state index in [9.17, 15) is 4.79 Å². The monoisotopic (exact) mass is 235 g/mol. The second-order valence-corrected chi connectivity index (χ2v) is 4.38. The van der Waals surface area contributed by atoms with Gasteiger partial charge in [0.2, 0.25) is 0 Å². The summed E-state index contributed by atoms with van der Waals surface area (Å²) < 4.78 is 5.23. The van der Waals surface area contributed by atoms with Gasteiger partial charge in [0, 0.05) is 6.54 Å². The van der Waals surface area contributed by atoms with Crippen molar-refractivity contribution in [1.29, 1.82) is 0 Å². The summed E-state index contributed by atoms with van der Waals surface area (Å²) in [6.45, 7) is 3.33. The summed E-state index contributed by atoms with van der Waals surface area (Å²) in [6, 6.07) is 7.61. The molecule has 94 valence electrons.